The second-order valence-electron chi connectivity index (χ2n) is 7.64. The zero-order valence-electron chi connectivity index (χ0n) is 16.2. The summed E-state index contributed by atoms with van der Waals surface area (Å²) in [4.78, 5) is 14.1. The minimum atomic E-state index is 0.277. The molecule has 0 spiro atoms. The second kappa shape index (κ2) is 8.34. The van der Waals surface area contributed by atoms with E-state index < -0.39 is 0 Å². The summed E-state index contributed by atoms with van der Waals surface area (Å²) in [6.45, 7) is 4.95. The molecule has 9 heteroatoms. The lowest BCUT2D eigenvalue weighted by Crippen LogP contribution is -2.33. The van der Waals surface area contributed by atoms with Crippen molar-refractivity contribution in [3.8, 4) is 0 Å². The summed E-state index contributed by atoms with van der Waals surface area (Å²) in [6, 6.07) is 3.08. The minimum absolute atomic E-state index is 0.277. The summed E-state index contributed by atoms with van der Waals surface area (Å²) < 4.78 is 3.22. The van der Waals surface area contributed by atoms with Gasteiger partial charge in [-0.1, -0.05) is 0 Å². The molecule has 0 unspecified atom stereocenters. The van der Waals surface area contributed by atoms with Crippen molar-refractivity contribution in [3.63, 3.8) is 0 Å². The number of fused-ring (bicyclic) bond motifs is 1. The highest BCUT2D eigenvalue weighted by molar-refractivity contribution is 9.11. The fourth-order valence-electron chi connectivity index (χ4n) is 3.55. The molecule has 0 aliphatic heterocycles. The molecule has 0 bridgehead atoms. The summed E-state index contributed by atoms with van der Waals surface area (Å²) in [7, 11) is 0. The third-order valence-electron chi connectivity index (χ3n) is 5.22. The van der Waals surface area contributed by atoms with Crippen LogP contribution in [-0.4, -0.2) is 31.6 Å². The zero-order chi connectivity index (χ0) is 19.7. The first kappa shape index (κ1) is 19.6. The molecule has 0 aromatic carbocycles. The number of anilines is 2. The van der Waals surface area contributed by atoms with E-state index in [0.29, 0.717) is 24.6 Å². The predicted molar refractivity (Wildman–Crippen MR) is 119 cm³/mol. The molecule has 3 heterocycles. The Kier molecular flexibility index (Phi) is 5.84. The largest absolute Gasteiger partial charge is 0.364 e. The smallest absolute Gasteiger partial charge is 0.227 e. The van der Waals surface area contributed by atoms with Crippen LogP contribution in [0.4, 0.5) is 11.8 Å². The van der Waals surface area contributed by atoms with Gasteiger partial charge in [0.1, 0.15) is 0 Å². The summed E-state index contributed by atoms with van der Waals surface area (Å²) in [5.41, 5.74) is 8.90. The summed E-state index contributed by atoms with van der Waals surface area (Å²) >= 11 is 5.28. The van der Waals surface area contributed by atoms with Crippen molar-refractivity contribution in [2.45, 2.75) is 64.2 Å². The molecule has 3 aromatic heterocycles. The van der Waals surface area contributed by atoms with Gasteiger partial charge >= 0.3 is 0 Å². The summed E-state index contributed by atoms with van der Waals surface area (Å²) in [5, 5.41) is 9.06. The average Bonchev–Trinajstić information content (AvgIpc) is 3.28. The Labute approximate surface area is 177 Å². The Morgan fingerprint density at radius 3 is 2.75 bits per heavy atom. The van der Waals surface area contributed by atoms with Gasteiger partial charge in [0.15, 0.2) is 17.0 Å². The van der Waals surface area contributed by atoms with Crippen molar-refractivity contribution in [2.24, 2.45) is 5.73 Å². The van der Waals surface area contributed by atoms with E-state index in [9.17, 15) is 0 Å². The number of thiophene rings is 1. The maximum Gasteiger partial charge on any atom is 0.227 e. The lowest BCUT2D eigenvalue weighted by molar-refractivity contribution is 0.410. The molecule has 1 fully saturated rings. The molecule has 0 amide bonds. The van der Waals surface area contributed by atoms with Crippen molar-refractivity contribution in [1.29, 1.82) is 0 Å². The number of halogens is 1. The number of hydrogen-bond donors (Lipinski definition) is 3. The van der Waals surface area contributed by atoms with Gasteiger partial charge in [-0.05, 0) is 72.5 Å². The van der Waals surface area contributed by atoms with E-state index in [0.717, 1.165) is 46.5 Å². The van der Waals surface area contributed by atoms with Crippen molar-refractivity contribution in [3.05, 3.63) is 27.1 Å². The Morgan fingerprint density at radius 1 is 1.29 bits per heavy atom. The van der Waals surface area contributed by atoms with Crippen LogP contribution in [0.5, 0.6) is 0 Å². The predicted octanol–water partition coefficient (Wildman–Crippen LogP) is 4.53. The third-order valence-corrected chi connectivity index (χ3v) is 7.03. The molecule has 0 radical (unpaired) electrons. The first-order chi connectivity index (χ1) is 13.5. The third kappa shape index (κ3) is 4.16. The molecule has 1 aliphatic rings. The van der Waals surface area contributed by atoms with Crippen LogP contribution in [-0.2, 0) is 6.54 Å². The van der Waals surface area contributed by atoms with Crippen LogP contribution in [0.1, 0.15) is 51.1 Å². The number of nitrogens with one attached hydrogen (secondary N) is 2. The fourth-order valence-corrected chi connectivity index (χ4v) is 4.79. The Bertz CT molecular complexity index is 943. The molecule has 0 saturated heterocycles. The summed E-state index contributed by atoms with van der Waals surface area (Å²) in [6.07, 6.45) is 6.04. The van der Waals surface area contributed by atoms with Crippen LogP contribution in [0.3, 0.4) is 0 Å². The number of rotatable bonds is 6. The number of nitrogens with zero attached hydrogens (tertiary/aromatic N) is 4. The van der Waals surface area contributed by atoms with Gasteiger partial charge < -0.3 is 20.9 Å². The van der Waals surface area contributed by atoms with E-state index >= 15 is 0 Å². The zero-order valence-corrected chi connectivity index (χ0v) is 18.6. The molecule has 3 aromatic rings. The van der Waals surface area contributed by atoms with Gasteiger partial charge in [-0.15, -0.1) is 11.3 Å². The van der Waals surface area contributed by atoms with Gasteiger partial charge in [-0.2, -0.15) is 9.97 Å². The van der Waals surface area contributed by atoms with Crippen LogP contribution in [0.2, 0.25) is 0 Å². The topological polar surface area (TPSA) is 93.7 Å². The standard InChI is InChI=1S/C19H26BrN7S/c1-11(2)27-10-23-15-17(22-9-12-7-8-28-16(12)20)25-19(26-18(15)27)24-14-5-3-13(21)4-6-14/h7-8,10-11,13-14H,3-6,9,21H2,1-2H3,(H2,22,24,25,26). The Hall–Kier alpha value is -1.71. The SMILES string of the molecule is CC(C)n1cnc2c(NCc3ccsc3Br)nc(NC3CCC(N)CC3)nc21. The molecule has 28 heavy (non-hydrogen) atoms. The molecule has 7 nitrogen and oxygen atoms in total. The maximum atomic E-state index is 6.04. The van der Waals surface area contributed by atoms with Crippen LogP contribution >= 0.6 is 27.3 Å². The van der Waals surface area contributed by atoms with Crippen LogP contribution in [0.15, 0.2) is 21.6 Å². The van der Waals surface area contributed by atoms with E-state index in [1.807, 2.05) is 6.33 Å². The first-order valence-electron chi connectivity index (χ1n) is 9.73. The van der Waals surface area contributed by atoms with Gasteiger partial charge in [0.05, 0.1) is 10.1 Å². The van der Waals surface area contributed by atoms with E-state index in [-0.39, 0.29) is 6.04 Å². The van der Waals surface area contributed by atoms with E-state index in [1.54, 1.807) is 11.3 Å². The highest BCUT2D eigenvalue weighted by Gasteiger charge is 2.21. The quantitative estimate of drug-likeness (QED) is 0.497. The molecule has 4 N–H and O–H groups in total. The van der Waals surface area contributed by atoms with Crippen molar-refractivity contribution >= 4 is 50.2 Å². The molecule has 1 aliphatic carbocycles. The van der Waals surface area contributed by atoms with Gasteiger partial charge in [0, 0.05) is 24.7 Å². The Morgan fingerprint density at radius 2 is 2.07 bits per heavy atom. The number of aromatic nitrogens is 4. The number of nitrogens with two attached hydrogens (primary N) is 1. The second-order valence-corrected chi connectivity index (χ2v) is 9.88. The monoisotopic (exact) mass is 463 g/mol. The van der Waals surface area contributed by atoms with E-state index in [4.69, 9.17) is 15.7 Å². The molecule has 0 atom stereocenters. The average molecular weight is 464 g/mol. The Balaban J connectivity index is 1.63. The van der Waals surface area contributed by atoms with Crippen molar-refractivity contribution < 1.29 is 0 Å². The van der Waals surface area contributed by atoms with Crippen LogP contribution in [0.25, 0.3) is 11.2 Å². The lowest BCUT2D eigenvalue weighted by Gasteiger charge is -2.27. The normalized spacial score (nSPS) is 20.0. The van der Waals surface area contributed by atoms with Crippen LogP contribution < -0.4 is 16.4 Å². The number of hydrogen-bond acceptors (Lipinski definition) is 7. The summed E-state index contributed by atoms with van der Waals surface area (Å²) in [5.74, 6) is 1.42. The van der Waals surface area contributed by atoms with E-state index in [1.165, 1.54) is 5.56 Å². The fraction of sp³-hybridized carbons (Fsp3) is 0.526. The maximum absolute atomic E-state index is 6.04. The minimum Gasteiger partial charge on any atom is -0.364 e. The molecule has 150 valence electrons. The van der Waals surface area contributed by atoms with Crippen molar-refractivity contribution in [2.75, 3.05) is 10.6 Å². The van der Waals surface area contributed by atoms with Gasteiger partial charge in [0.2, 0.25) is 5.95 Å². The highest BCUT2D eigenvalue weighted by Crippen LogP contribution is 2.28. The molecule has 4 rings (SSSR count). The molecular formula is C19H26BrN7S. The lowest BCUT2D eigenvalue weighted by atomic mass is 9.92. The molecular weight excluding hydrogens is 438 g/mol. The first-order valence-corrected chi connectivity index (χ1v) is 11.4. The van der Waals surface area contributed by atoms with Crippen LogP contribution in [0, 0.1) is 0 Å². The molecule has 1 saturated carbocycles. The van der Waals surface area contributed by atoms with Gasteiger partial charge in [0.25, 0.3) is 0 Å². The van der Waals surface area contributed by atoms with E-state index in [2.05, 4.69) is 61.4 Å². The number of imidazole rings is 1. The highest BCUT2D eigenvalue weighted by atomic mass is 79.9. The van der Waals surface area contributed by atoms with Gasteiger partial charge in [-0.25, -0.2) is 4.98 Å². The van der Waals surface area contributed by atoms with Crippen molar-refractivity contribution in [1.82, 2.24) is 19.5 Å². The van der Waals surface area contributed by atoms with Gasteiger partial charge in [-0.3, -0.25) is 0 Å².